The quantitative estimate of drug-likeness (QED) is 0.389. The number of likely N-dealkylation sites (tertiary alicyclic amines) is 1. The van der Waals surface area contributed by atoms with E-state index < -0.39 is 0 Å². The Morgan fingerprint density at radius 1 is 0.857 bits per heavy atom. The van der Waals surface area contributed by atoms with Crippen molar-refractivity contribution in [3.05, 3.63) is 120 Å². The molecule has 4 aromatic rings. The third kappa shape index (κ3) is 5.29. The summed E-state index contributed by atoms with van der Waals surface area (Å²) in [5.74, 6) is 0.306. The fraction of sp³-hybridized carbons (Fsp3) is 0.258. The topological polar surface area (TPSA) is 44.4 Å². The molecule has 0 aromatic heterocycles. The number of likely N-dealkylation sites (N-methyl/N-ethyl adjacent to an activating group) is 1. The van der Waals surface area contributed by atoms with E-state index in [0.29, 0.717) is 0 Å². The molecule has 0 unspecified atom stereocenters. The molecule has 0 saturated carbocycles. The first-order valence-corrected chi connectivity index (χ1v) is 12.5. The Morgan fingerprint density at radius 3 is 2.17 bits per heavy atom. The van der Waals surface area contributed by atoms with Crippen LogP contribution in [0.1, 0.15) is 29.0 Å². The van der Waals surface area contributed by atoms with Crippen LogP contribution in [0.25, 0.3) is 10.8 Å². The third-order valence-corrected chi connectivity index (χ3v) is 7.23. The zero-order valence-electron chi connectivity index (χ0n) is 20.2. The van der Waals surface area contributed by atoms with Crippen LogP contribution in [0.4, 0.5) is 0 Å². The molecule has 0 bridgehead atoms. The van der Waals surface area contributed by atoms with Crippen LogP contribution in [0, 0.1) is 0 Å². The van der Waals surface area contributed by atoms with Gasteiger partial charge in [-0.25, -0.2) is 0 Å². The van der Waals surface area contributed by atoms with Crippen molar-refractivity contribution < 1.29 is 4.79 Å². The number of hydrogen-bond donors (Lipinski definition) is 2. The maximum Gasteiger partial charge on any atom is 0.237 e. The zero-order valence-corrected chi connectivity index (χ0v) is 20.2. The second-order valence-electron chi connectivity index (χ2n) is 9.41. The van der Waals surface area contributed by atoms with Gasteiger partial charge in [-0.05, 0) is 33.9 Å². The van der Waals surface area contributed by atoms with Crippen LogP contribution in [0.3, 0.4) is 0 Å². The molecule has 1 aliphatic heterocycles. The molecule has 4 nitrogen and oxygen atoms in total. The Balaban J connectivity index is 1.35. The summed E-state index contributed by atoms with van der Waals surface area (Å²) in [7, 11) is 1.74. The molecule has 5 rings (SSSR count). The first-order chi connectivity index (χ1) is 17.2. The number of hydrogen-bond acceptors (Lipinski definition) is 3. The van der Waals surface area contributed by atoms with Crippen molar-refractivity contribution in [3.8, 4) is 0 Å². The lowest BCUT2D eigenvalue weighted by atomic mass is 9.90. The summed E-state index contributed by atoms with van der Waals surface area (Å²) in [5, 5.41) is 9.21. The minimum Gasteiger partial charge on any atom is -0.358 e. The lowest BCUT2D eigenvalue weighted by Gasteiger charge is -2.28. The molecule has 35 heavy (non-hydrogen) atoms. The van der Waals surface area contributed by atoms with E-state index >= 15 is 0 Å². The fourth-order valence-corrected chi connectivity index (χ4v) is 5.40. The average Bonchev–Trinajstić information content (AvgIpc) is 3.33. The van der Waals surface area contributed by atoms with Gasteiger partial charge < -0.3 is 10.6 Å². The summed E-state index contributed by atoms with van der Waals surface area (Å²) in [6.45, 7) is 2.44. The Bertz CT molecular complexity index is 1210. The van der Waals surface area contributed by atoms with E-state index in [1.54, 1.807) is 7.05 Å². The van der Waals surface area contributed by atoms with Crippen molar-refractivity contribution in [1.82, 2.24) is 15.5 Å². The predicted octanol–water partition coefficient (Wildman–Crippen LogP) is 4.95. The Hall–Kier alpha value is -3.47. The van der Waals surface area contributed by atoms with Gasteiger partial charge in [0, 0.05) is 38.6 Å². The number of amides is 1. The summed E-state index contributed by atoms with van der Waals surface area (Å²) in [6.07, 6.45) is 0.806. The molecule has 4 aromatic carbocycles. The van der Waals surface area contributed by atoms with Gasteiger partial charge in [-0.2, -0.15) is 0 Å². The van der Waals surface area contributed by atoms with Gasteiger partial charge in [0.15, 0.2) is 0 Å². The molecule has 2 N–H and O–H groups in total. The minimum absolute atomic E-state index is 0.0966. The number of carbonyl (C=O) groups excluding carboxylic acids is 1. The molecule has 1 amide bonds. The third-order valence-electron chi connectivity index (χ3n) is 7.23. The molecule has 1 aliphatic rings. The minimum atomic E-state index is -0.139. The van der Waals surface area contributed by atoms with Crippen molar-refractivity contribution in [2.45, 2.75) is 31.0 Å². The van der Waals surface area contributed by atoms with Crippen molar-refractivity contribution in [2.24, 2.45) is 0 Å². The Morgan fingerprint density at radius 2 is 1.49 bits per heavy atom. The Kier molecular flexibility index (Phi) is 7.22. The van der Waals surface area contributed by atoms with E-state index in [9.17, 15) is 4.79 Å². The average molecular weight is 464 g/mol. The predicted molar refractivity (Wildman–Crippen MR) is 143 cm³/mol. The van der Waals surface area contributed by atoms with Crippen LogP contribution < -0.4 is 10.6 Å². The molecular weight excluding hydrogens is 430 g/mol. The molecule has 0 radical (unpaired) electrons. The molecular formula is C31H33N3O. The van der Waals surface area contributed by atoms with Crippen molar-refractivity contribution in [1.29, 1.82) is 0 Å². The zero-order chi connectivity index (χ0) is 24.0. The summed E-state index contributed by atoms with van der Waals surface area (Å²) in [6, 6.07) is 36.4. The highest BCUT2D eigenvalue weighted by Crippen LogP contribution is 2.29. The lowest BCUT2D eigenvalue weighted by molar-refractivity contribution is -0.125. The van der Waals surface area contributed by atoms with Crippen LogP contribution >= 0.6 is 0 Å². The van der Waals surface area contributed by atoms with Gasteiger partial charge in [-0.3, -0.25) is 9.69 Å². The molecule has 0 spiro atoms. The summed E-state index contributed by atoms with van der Waals surface area (Å²) >= 11 is 0. The number of fused-ring (bicyclic) bond motifs is 1. The van der Waals surface area contributed by atoms with E-state index in [1.165, 1.54) is 27.5 Å². The molecule has 1 saturated heterocycles. The van der Waals surface area contributed by atoms with Gasteiger partial charge in [0.25, 0.3) is 0 Å². The number of carbonyl (C=O) groups is 1. The van der Waals surface area contributed by atoms with Crippen molar-refractivity contribution in [3.63, 3.8) is 0 Å². The summed E-state index contributed by atoms with van der Waals surface area (Å²) in [5.41, 5.74) is 3.85. The molecule has 1 heterocycles. The first-order valence-electron chi connectivity index (χ1n) is 12.5. The van der Waals surface area contributed by atoms with Gasteiger partial charge in [0.1, 0.15) is 0 Å². The molecule has 2 atom stereocenters. The van der Waals surface area contributed by atoms with Crippen LogP contribution in [0.15, 0.2) is 103 Å². The summed E-state index contributed by atoms with van der Waals surface area (Å²) < 4.78 is 0. The van der Waals surface area contributed by atoms with Gasteiger partial charge in [-0.1, -0.05) is 103 Å². The molecule has 4 heteroatoms. The standard InChI is InChI=1S/C31H33N3O/c1-32-31(35)30-19-27(33-20-26-17-10-16-23-15-8-9-18-28(23)26)21-34(30)22-29(24-11-4-2-5-12-24)25-13-6-3-7-14-25/h2-18,27,29-30,33H,19-22H2,1H3,(H,32,35)/t27-,30-/m0/s1. The second kappa shape index (κ2) is 10.9. The van der Waals surface area contributed by atoms with Crippen LogP contribution in [0.5, 0.6) is 0 Å². The number of nitrogens with zero attached hydrogens (tertiary/aromatic N) is 1. The van der Waals surface area contributed by atoms with E-state index in [2.05, 4.69) is 119 Å². The monoisotopic (exact) mass is 463 g/mol. The number of nitrogens with one attached hydrogen (secondary N) is 2. The maximum absolute atomic E-state index is 12.9. The molecule has 1 fully saturated rings. The molecule has 0 aliphatic carbocycles. The SMILES string of the molecule is CNC(=O)[C@@H]1C[C@H](NCc2cccc3ccccc23)CN1CC(c1ccccc1)c1ccccc1. The number of rotatable bonds is 8. The first kappa shape index (κ1) is 23.3. The highest BCUT2D eigenvalue weighted by Gasteiger charge is 2.37. The van der Waals surface area contributed by atoms with Crippen molar-refractivity contribution in [2.75, 3.05) is 20.1 Å². The van der Waals surface area contributed by atoms with E-state index in [4.69, 9.17) is 0 Å². The largest absolute Gasteiger partial charge is 0.358 e. The van der Waals surface area contributed by atoms with E-state index in [-0.39, 0.29) is 23.9 Å². The van der Waals surface area contributed by atoms with E-state index in [1.807, 2.05) is 0 Å². The normalized spacial score (nSPS) is 18.2. The Labute approximate surface area is 208 Å². The summed E-state index contributed by atoms with van der Waals surface area (Å²) in [4.78, 5) is 15.3. The highest BCUT2D eigenvalue weighted by molar-refractivity contribution is 5.85. The van der Waals surface area contributed by atoms with Gasteiger partial charge in [-0.15, -0.1) is 0 Å². The number of benzene rings is 4. The lowest BCUT2D eigenvalue weighted by Crippen LogP contribution is -2.43. The maximum atomic E-state index is 12.9. The van der Waals surface area contributed by atoms with Crippen LogP contribution in [-0.4, -0.2) is 43.0 Å². The van der Waals surface area contributed by atoms with Gasteiger partial charge >= 0.3 is 0 Å². The molecule has 178 valence electrons. The highest BCUT2D eigenvalue weighted by atomic mass is 16.2. The van der Waals surface area contributed by atoms with E-state index in [0.717, 1.165) is 26.1 Å². The van der Waals surface area contributed by atoms with Gasteiger partial charge in [0.2, 0.25) is 5.91 Å². The van der Waals surface area contributed by atoms with Crippen LogP contribution in [-0.2, 0) is 11.3 Å². The van der Waals surface area contributed by atoms with Gasteiger partial charge in [0.05, 0.1) is 6.04 Å². The second-order valence-corrected chi connectivity index (χ2v) is 9.41. The smallest absolute Gasteiger partial charge is 0.237 e. The fourth-order valence-electron chi connectivity index (χ4n) is 5.40. The van der Waals surface area contributed by atoms with Crippen molar-refractivity contribution >= 4 is 16.7 Å². The van der Waals surface area contributed by atoms with Crippen LogP contribution in [0.2, 0.25) is 0 Å².